The zero-order chi connectivity index (χ0) is 20.3. The Balaban J connectivity index is 1.36. The number of hydrogen-bond donors (Lipinski definition) is 2. The van der Waals surface area contributed by atoms with Crippen LogP contribution in [0.25, 0.3) is 0 Å². The summed E-state index contributed by atoms with van der Waals surface area (Å²) in [5, 5.41) is 5.83. The number of carbonyl (C=O) groups is 2. The van der Waals surface area contributed by atoms with Crippen molar-refractivity contribution in [3.63, 3.8) is 0 Å². The van der Waals surface area contributed by atoms with Gasteiger partial charge in [-0.15, -0.1) is 0 Å². The number of likely N-dealkylation sites (tertiary alicyclic amines) is 1. The Morgan fingerprint density at radius 2 is 2.03 bits per heavy atom. The second kappa shape index (κ2) is 8.61. The topological polar surface area (TPSA) is 79.9 Å². The van der Waals surface area contributed by atoms with E-state index in [0.29, 0.717) is 32.0 Å². The Morgan fingerprint density at radius 3 is 2.69 bits per heavy atom. The first kappa shape index (κ1) is 20.0. The summed E-state index contributed by atoms with van der Waals surface area (Å²) in [5.74, 6) is 0.600. The minimum Gasteiger partial charge on any atom is -0.447 e. The second-order valence-corrected chi connectivity index (χ2v) is 8.37. The maximum absolute atomic E-state index is 12.5. The molecule has 1 aromatic rings. The fourth-order valence-corrected chi connectivity index (χ4v) is 4.99. The average Bonchev–Trinajstić information content (AvgIpc) is 3.30. The van der Waals surface area contributed by atoms with Gasteiger partial charge in [-0.1, -0.05) is 30.3 Å². The van der Waals surface area contributed by atoms with Crippen LogP contribution in [0.15, 0.2) is 30.3 Å². The zero-order valence-corrected chi connectivity index (χ0v) is 17.1. The molecule has 4 rings (SSSR count). The van der Waals surface area contributed by atoms with Gasteiger partial charge in [0, 0.05) is 13.1 Å². The van der Waals surface area contributed by atoms with Gasteiger partial charge in [-0.05, 0) is 50.5 Å². The van der Waals surface area contributed by atoms with Crippen molar-refractivity contribution >= 4 is 12.1 Å². The molecule has 3 amide bonds. The summed E-state index contributed by atoms with van der Waals surface area (Å²) in [6.07, 6.45) is 4.74. The molecule has 0 bridgehead atoms. The number of ether oxygens (including phenoxy) is 2. The van der Waals surface area contributed by atoms with E-state index >= 15 is 0 Å². The molecule has 2 N–H and O–H groups in total. The van der Waals surface area contributed by atoms with Crippen LogP contribution in [0.4, 0.5) is 9.59 Å². The number of urea groups is 1. The number of rotatable bonds is 5. The molecule has 3 fully saturated rings. The molecular weight excluding hydrogens is 370 g/mol. The second-order valence-electron chi connectivity index (χ2n) is 8.37. The van der Waals surface area contributed by atoms with Crippen LogP contribution < -0.4 is 10.6 Å². The summed E-state index contributed by atoms with van der Waals surface area (Å²) in [6.45, 7) is 3.77. The molecule has 0 radical (unpaired) electrons. The van der Waals surface area contributed by atoms with Crippen molar-refractivity contribution < 1.29 is 19.1 Å². The van der Waals surface area contributed by atoms with Crippen LogP contribution in [0.5, 0.6) is 0 Å². The number of carbonyl (C=O) groups excluding carboxylic acids is 2. The number of cyclic esters (lactones) is 1. The van der Waals surface area contributed by atoms with E-state index in [0.717, 1.165) is 25.7 Å². The van der Waals surface area contributed by atoms with Gasteiger partial charge in [-0.2, -0.15) is 0 Å². The molecule has 0 aromatic heterocycles. The maximum Gasteiger partial charge on any atom is 0.407 e. The lowest BCUT2D eigenvalue weighted by Gasteiger charge is -2.35. The smallest absolute Gasteiger partial charge is 0.407 e. The molecule has 2 atom stereocenters. The normalized spacial score (nSPS) is 31.6. The first-order chi connectivity index (χ1) is 14.1. The van der Waals surface area contributed by atoms with E-state index in [-0.39, 0.29) is 24.8 Å². The molecule has 29 heavy (non-hydrogen) atoms. The van der Waals surface area contributed by atoms with Crippen LogP contribution in [0.2, 0.25) is 0 Å². The fourth-order valence-electron chi connectivity index (χ4n) is 4.99. The van der Waals surface area contributed by atoms with Gasteiger partial charge in [-0.3, -0.25) is 0 Å². The summed E-state index contributed by atoms with van der Waals surface area (Å²) in [4.78, 5) is 26.1. The molecule has 1 aliphatic carbocycles. The molecule has 2 saturated heterocycles. The van der Waals surface area contributed by atoms with E-state index in [1.807, 2.05) is 6.92 Å². The van der Waals surface area contributed by atoms with Crippen LogP contribution in [-0.2, 0) is 9.47 Å². The van der Waals surface area contributed by atoms with Gasteiger partial charge in [0.15, 0.2) is 0 Å². The third kappa shape index (κ3) is 4.20. The third-order valence-electron chi connectivity index (χ3n) is 6.65. The van der Waals surface area contributed by atoms with Gasteiger partial charge in [0.25, 0.3) is 0 Å². The van der Waals surface area contributed by atoms with Gasteiger partial charge in [0.05, 0.1) is 18.8 Å². The average molecular weight is 402 g/mol. The van der Waals surface area contributed by atoms with Gasteiger partial charge in [-0.25, -0.2) is 9.59 Å². The van der Waals surface area contributed by atoms with E-state index in [1.54, 1.807) is 4.90 Å². The van der Waals surface area contributed by atoms with E-state index < -0.39 is 11.6 Å². The van der Waals surface area contributed by atoms with Crippen molar-refractivity contribution in [2.75, 3.05) is 26.3 Å². The number of amides is 3. The molecule has 1 aromatic carbocycles. The highest BCUT2D eigenvalue weighted by Gasteiger charge is 2.54. The Labute approximate surface area is 172 Å². The summed E-state index contributed by atoms with van der Waals surface area (Å²) >= 11 is 0. The predicted molar refractivity (Wildman–Crippen MR) is 109 cm³/mol. The number of benzene rings is 1. The van der Waals surface area contributed by atoms with Gasteiger partial charge in [0.2, 0.25) is 0 Å². The molecule has 158 valence electrons. The summed E-state index contributed by atoms with van der Waals surface area (Å²) in [6, 6.07) is 10.4. The van der Waals surface area contributed by atoms with E-state index in [9.17, 15) is 9.59 Å². The minimum atomic E-state index is -0.538. The van der Waals surface area contributed by atoms with E-state index in [4.69, 9.17) is 9.47 Å². The highest BCUT2D eigenvalue weighted by Crippen LogP contribution is 2.36. The quantitative estimate of drug-likeness (QED) is 0.795. The Kier molecular flexibility index (Phi) is 5.94. The molecule has 1 spiro atoms. The Bertz CT molecular complexity index is 720. The summed E-state index contributed by atoms with van der Waals surface area (Å²) in [7, 11) is 0. The Morgan fingerprint density at radius 1 is 1.28 bits per heavy atom. The van der Waals surface area contributed by atoms with Crippen molar-refractivity contribution in [2.45, 2.75) is 62.6 Å². The van der Waals surface area contributed by atoms with E-state index in [2.05, 4.69) is 41.0 Å². The van der Waals surface area contributed by atoms with Crippen LogP contribution in [-0.4, -0.2) is 61.0 Å². The van der Waals surface area contributed by atoms with Gasteiger partial charge >= 0.3 is 12.1 Å². The number of nitrogens with zero attached hydrogens (tertiary/aromatic N) is 1. The zero-order valence-electron chi connectivity index (χ0n) is 17.1. The first-order valence-corrected chi connectivity index (χ1v) is 10.8. The monoisotopic (exact) mass is 401 g/mol. The number of nitrogens with one attached hydrogen (secondary N) is 2. The Hall–Kier alpha value is -2.28. The number of alkyl carbamates (subject to hydrolysis) is 1. The van der Waals surface area contributed by atoms with Crippen LogP contribution in [0.1, 0.15) is 50.5 Å². The third-order valence-corrected chi connectivity index (χ3v) is 6.65. The van der Waals surface area contributed by atoms with Crippen molar-refractivity contribution in [2.24, 2.45) is 0 Å². The molecular formula is C22H31N3O4. The van der Waals surface area contributed by atoms with Gasteiger partial charge < -0.3 is 25.0 Å². The first-order valence-electron chi connectivity index (χ1n) is 10.8. The molecule has 1 saturated carbocycles. The highest BCUT2D eigenvalue weighted by atomic mass is 16.6. The van der Waals surface area contributed by atoms with Crippen LogP contribution in [0.3, 0.4) is 0 Å². The predicted octanol–water partition coefficient (Wildman–Crippen LogP) is 3.01. The lowest BCUT2D eigenvalue weighted by Crippen LogP contribution is -2.58. The highest BCUT2D eigenvalue weighted by molar-refractivity contribution is 5.76. The van der Waals surface area contributed by atoms with Crippen LogP contribution in [0, 0.1) is 0 Å². The van der Waals surface area contributed by atoms with Crippen molar-refractivity contribution in [3.05, 3.63) is 35.9 Å². The van der Waals surface area contributed by atoms with Crippen molar-refractivity contribution in [1.82, 2.24) is 15.5 Å². The maximum atomic E-state index is 12.5. The summed E-state index contributed by atoms with van der Waals surface area (Å²) in [5.41, 5.74) is 0.873. The molecule has 2 heterocycles. The largest absolute Gasteiger partial charge is 0.447 e. The van der Waals surface area contributed by atoms with Gasteiger partial charge in [0.1, 0.15) is 12.1 Å². The SMILES string of the molecule is CCNC(=O)N1CCC2(COC(=O)N2)C1CO[C@H]1CC[C@@H](c2ccccc2)CC1. The number of hydrogen-bond acceptors (Lipinski definition) is 4. The molecule has 2 unspecified atom stereocenters. The molecule has 7 heteroatoms. The summed E-state index contributed by atoms with van der Waals surface area (Å²) < 4.78 is 11.5. The minimum absolute atomic E-state index is 0.105. The van der Waals surface area contributed by atoms with Crippen molar-refractivity contribution in [1.29, 1.82) is 0 Å². The fraction of sp³-hybridized carbons (Fsp3) is 0.636. The lowest BCUT2D eigenvalue weighted by atomic mass is 9.82. The van der Waals surface area contributed by atoms with E-state index in [1.165, 1.54) is 5.56 Å². The standard InChI is InChI=1S/C22H31N3O4/c1-2-23-20(26)25-13-12-22(15-29-21(27)24-22)19(25)14-28-18-10-8-17(9-11-18)16-6-4-3-5-7-16/h3-7,17-19H,2,8-15H2,1H3,(H,23,26)(H,24,27)/t17-,18+,19?,22?. The molecule has 7 nitrogen and oxygen atoms in total. The molecule has 3 aliphatic rings. The molecule has 2 aliphatic heterocycles. The lowest BCUT2D eigenvalue weighted by molar-refractivity contribution is -0.0107. The van der Waals surface area contributed by atoms with Crippen LogP contribution >= 0.6 is 0 Å². The van der Waals surface area contributed by atoms with Crippen molar-refractivity contribution in [3.8, 4) is 0 Å².